The van der Waals surface area contributed by atoms with Crippen molar-refractivity contribution in [1.29, 1.82) is 0 Å². The Morgan fingerprint density at radius 2 is 2.21 bits per heavy atom. The van der Waals surface area contributed by atoms with Gasteiger partial charge in [0.25, 0.3) is 5.56 Å². The predicted molar refractivity (Wildman–Crippen MR) is 66.8 cm³/mol. The quantitative estimate of drug-likeness (QED) is 0.604. The van der Waals surface area contributed by atoms with Crippen LogP contribution in [0.25, 0.3) is 0 Å². The molecule has 0 radical (unpaired) electrons. The molecule has 19 heavy (non-hydrogen) atoms. The van der Waals surface area contributed by atoms with Gasteiger partial charge in [-0.3, -0.25) is 14.3 Å². The van der Waals surface area contributed by atoms with Gasteiger partial charge in [0.2, 0.25) is 0 Å². The van der Waals surface area contributed by atoms with E-state index in [4.69, 9.17) is 9.84 Å². The highest BCUT2D eigenvalue weighted by Crippen LogP contribution is 2.31. The molecule has 7 nitrogen and oxygen atoms in total. The predicted octanol–water partition coefficient (Wildman–Crippen LogP) is -1.09. The van der Waals surface area contributed by atoms with E-state index in [1.807, 2.05) is 0 Å². The summed E-state index contributed by atoms with van der Waals surface area (Å²) < 4.78 is 6.55. The Bertz CT molecular complexity index is 603. The van der Waals surface area contributed by atoms with Crippen molar-refractivity contribution in [3.05, 3.63) is 44.8 Å². The highest BCUT2D eigenvalue weighted by Gasteiger charge is 2.38. The van der Waals surface area contributed by atoms with Gasteiger partial charge in [-0.1, -0.05) is 13.5 Å². The number of nitrogens with one attached hydrogen (secondary N) is 1. The standard InChI is InChI=1S/C12H16N2O5/c1-3-7-4-14(12(18)13-10(7)17)11-6(2)9(16)8(5-15)19-11/h4,8-9,11,15-16H,2-3,5H2,1H3,(H,13,17,18)/t8-,9+,11-/m1/s1. The second kappa shape index (κ2) is 5.12. The molecule has 0 aromatic carbocycles. The van der Waals surface area contributed by atoms with Crippen LogP contribution in [0.1, 0.15) is 18.7 Å². The van der Waals surface area contributed by atoms with Gasteiger partial charge in [0.05, 0.1) is 6.61 Å². The highest BCUT2D eigenvalue weighted by molar-refractivity contribution is 5.16. The zero-order chi connectivity index (χ0) is 14.2. The topological polar surface area (TPSA) is 105 Å². The molecule has 104 valence electrons. The number of hydrogen-bond donors (Lipinski definition) is 3. The summed E-state index contributed by atoms with van der Waals surface area (Å²) in [7, 11) is 0. The van der Waals surface area contributed by atoms with Crippen molar-refractivity contribution < 1.29 is 14.9 Å². The van der Waals surface area contributed by atoms with E-state index in [0.717, 1.165) is 0 Å². The fourth-order valence-corrected chi connectivity index (χ4v) is 2.05. The molecule has 1 fully saturated rings. The second-order valence-electron chi connectivity index (χ2n) is 4.40. The van der Waals surface area contributed by atoms with E-state index in [9.17, 15) is 14.7 Å². The molecule has 0 saturated carbocycles. The van der Waals surface area contributed by atoms with E-state index in [2.05, 4.69) is 11.6 Å². The Balaban J connectivity index is 2.46. The van der Waals surface area contributed by atoms with Gasteiger partial charge in [-0.2, -0.15) is 0 Å². The molecule has 0 spiro atoms. The van der Waals surface area contributed by atoms with Crippen LogP contribution in [0.3, 0.4) is 0 Å². The first-order valence-corrected chi connectivity index (χ1v) is 5.97. The van der Waals surface area contributed by atoms with Crippen LogP contribution in [0.4, 0.5) is 0 Å². The van der Waals surface area contributed by atoms with Crippen molar-refractivity contribution in [1.82, 2.24) is 9.55 Å². The maximum Gasteiger partial charge on any atom is 0.330 e. The molecule has 0 unspecified atom stereocenters. The zero-order valence-corrected chi connectivity index (χ0v) is 10.5. The number of H-pyrrole nitrogens is 1. The first-order chi connectivity index (χ1) is 8.99. The van der Waals surface area contributed by atoms with Crippen molar-refractivity contribution in [2.24, 2.45) is 0 Å². The number of ether oxygens (including phenoxy) is 1. The van der Waals surface area contributed by atoms with Crippen molar-refractivity contribution >= 4 is 0 Å². The van der Waals surface area contributed by atoms with Crippen LogP contribution < -0.4 is 11.2 Å². The minimum Gasteiger partial charge on any atom is -0.394 e. The average Bonchev–Trinajstić information content (AvgIpc) is 2.67. The molecule has 1 saturated heterocycles. The van der Waals surface area contributed by atoms with Crippen LogP contribution in [0.5, 0.6) is 0 Å². The third-order valence-corrected chi connectivity index (χ3v) is 3.21. The summed E-state index contributed by atoms with van der Waals surface area (Å²) in [6.45, 7) is 5.08. The molecular weight excluding hydrogens is 252 g/mol. The zero-order valence-electron chi connectivity index (χ0n) is 10.5. The third kappa shape index (κ3) is 2.27. The Hall–Kier alpha value is -1.70. The van der Waals surface area contributed by atoms with Crippen molar-refractivity contribution in [2.45, 2.75) is 31.8 Å². The van der Waals surface area contributed by atoms with Crippen molar-refractivity contribution in [3.8, 4) is 0 Å². The third-order valence-electron chi connectivity index (χ3n) is 3.21. The Labute approximate surface area is 108 Å². The molecule has 7 heteroatoms. The smallest absolute Gasteiger partial charge is 0.330 e. The van der Waals surface area contributed by atoms with Crippen LogP contribution >= 0.6 is 0 Å². The van der Waals surface area contributed by atoms with Crippen molar-refractivity contribution in [2.75, 3.05) is 6.61 Å². The number of aliphatic hydroxyl groups excluding tert-OH is 2. The first-order valence-electron chi connectivity index (χ1n) is 5.97. The molecule has 3 atom stereocenters. The Morgan fingerprint density at radius 1 is 1.53 bits per heavy atom. The molecule has 2 rings (SSSR count). The van der Waals surface area contributed by atoms with E-state index in [0.29, 0.717) is 12.0 Å². The average molecular weight is 268 g/mol. The van der Waals surface area contributed by atoms with Crippen LogP contribution in [0, 0.1) is 0 Å². The summed E-state index contributed by atoms with van der Waals surface area (Å²) in [4.78, 5) is 25.5. The van der Waals surface area contributed by atoms with Gasteiger partial charge in [0, 0.05) is 17.3 Å². The van der Waals surface area contributed by atoms with E-state index >= 15 is 0 Å². The van der Waals surface area contributed by atoms with E-state index in [-0.39, 0.29) is 12.2 Å². The normalized spacial score (nSPS) is 26.9. The van der Waals surface area contributed by atoms with Gasteiger partial charge in [-0.15, -0.1) is 0 Å². The number of aromatic nitrogens is 2. The summed E-state index contributed by atoms with van der Waals surface area (Å²) >= 11 is 0. The van der Waals surface area contributed by atoms with E-state index < -0.39 is 29.7 Å². The van der Waals surface area contributed by atoms with E-state index in [1.54, 1.807) is 6.92 Å². The lowest BCUT2D eigenvalue weighted by Crippen LogP contribution is -2.34. The number of aliphatic hydroxyl groups is 2. The molecule has 0 bridgehead atoms. The molecule has 1 aliphatic rings. The van der Waals surface area contributed by atoms with Crippen LogP contribution in [-0.2, 0) is 11.2 Å². The maximum absolute atomic E-state index is 11.8. The number of hydrogen-bond acceptors (Lipinski definition) is 5. The van der Waals surface area contributed by atoms with Crippen molar-refractivity contribution in [3.63, 3.8) is 0 Å². The molecule has 3 N–H and O–H groups in total. The second-order valence-corrected chi connectivity index (χ2v) is 4.40. The van der Waals surface area contributed by atoms with Gasteiger partial charge >= 0.3 is 5.69 Å². The van der Waals surface area contributed by atoms with Crippen LogP contribution in [0.2, 0.25) is 0 Å². The molecule has 0 aliphatic carbocycles. The minimum absolute atomic E-state index is 0.273. The number of aromatic amines is 1. The molecule has 2 heterocycles. The number of aryl methyl sites for hydroxylation is 1. The minimum atomic E-state index is -1.04. The summed E-state index contributed by atoms with van der Waals surface area (Å²) in [5, 5.41) is 18.9. The lowest BCUT2D eigenvalue weighted by Gasteiger charge is -2.15. The summed E-state index contributed by atoms with van der Waals surface area (Å²) in [5.41, 5.74) is -0.376. The fraction of sp³-hybridized carbons (Fsp3) is 0.500. The fourth-order valence-electron chi connectivity index (χ4n) is 2.05. The van der Waals surface area contributed by atoms with Gasteiger partial charge in [-0.25, -0.2) is 4.79 Å². The molecule has 0 amide bonds. The van der Waals surface area contributed by atoms with Crippen LogP contribution in [-0.4, -0.2) is 38.6 Å². The van der Waals surface area contributed by atoms with Gasteiger partial charge in [0.15, 0.2) is 6.23 Å². The first kappa shape index (κ1) is 13.7. The summed E-state index contributed by atoms with van der Waals surface area (Å²) in [6, 6.07) is 0. The SMILES string of the molecule is C=C1[C@H](n2cc(CC)c(=O)[nH]c2=O)O[C@H](CO)[C@H]1O. The van der Waals surface area contributed by atoms with E-state index in [1.165, 1.54) is 10.8 Å². The van der Waals surface area contributed by atoms with Gasteiger partial charge in [-0.05, 0) is 6.42 Å². The number of nitrogens with zero attached hydrogens (tertiary/aromatic N) is 1. The van der Waals surface area contributed by atoms with Gasteiger partial charge in [0.1, 0.15) is 12.2 Å². The summed E-state index contributed by atoms with van der Waals surface area (Å²) in [5.74, 6) is 0. The maximum atomic E-state index is 11.8. The van der Waals surface area contributed by atoms with Crippen LogP contribution in [0.15, 0.2) is 27.9 Å². The molecule has 1 aromatic rings. The Morgan fingerprint density at radius 3 is 2.74 bits per heavy atom. The number of rotatable bonds is 3. The summed E-state index contributed by atoms with van der Waals surface area (Å²) in [6.07, 6.45) is -0.897. The molecule has 1 aliphatic heterocycles. The molecular formula is C12H16N2O5. The largest absolute Gasteiger partial charge is 0.394 e. The lowest BCUT2D eigenvalue weighted by atomic mass is 10.1. The Kier molecular flexibility index (Phi) is 3.70. The highest BCUT2D eigenvalue weighted by atomic mass is 16.5. The lowest BCUT2D eigenvalue weighted by molar-refractivity contribution is -0.0448. The molecule has 1 aromatic heterocycles. The monoisotopic (exact) mass is 268 g/mol. The van der Waals surface area contributed by atoms with Gasteiger partial charge < -0.3 is 14.9 Å².